The van der Waals surface area contributed by atoms with Crippen LogP contribution in [0.3, 0.4) is 0 Å². The first-order valence-corrected chi connectivity index (χ1v) is 10.1. The molecule has 2 amide bonds. The van der Waals surface area contributed by atoms with Crippen molar-refractivity contribution in [1.29, 1.82) is 0 Å². The summed E-state index contributed by atoms with van der Waals surface area (Å²) in [5.74, 6) is 1.04. The van der Waals surface area contributed by atoms with Crippen LogP contribution in [0.5, 0.6) is 0 Å². The number of alkyl carbamates (subject to hydrolysis) is 1. The fourth-order valence-electron chi connectivity index (χ4n) is 4.04. The summed E-state index contributed by atoms with van der Waals surface area (Å²) in [5.41, 5.74) is 4.09. The highest BCUT2D eigenvalue weighted by Gasteiger charge is 2.30. The number of benzene rings is 1. The SMILES string of the molecule is CC(C)NC(=O)OC1CC[C@H](c2cc(Nc3cccc4c3CC(=O)NC4)n[nH]2)C1. The minimum atomic E-state index is -0.351. The third-order valence-corrected chi connectivity index (χ3v) is 5.45. The lowest BCUT2D eigenvalue weighted by Gasteiger charge is -2.20. The van der Waals surface area contributed by atoms with Gasteiger partial charge in [-0.15, -0.1) is 0 Å². The molecule has 0 radical (unpaired) electrons. The van der Waals surface area contributed by atoms with Crippen molar-refractivity contribution in [3.05, 3.63) is 41.1 Å². The molecule has 2 atom stereocenters. The number of hydrogen-bond acceptors (Lipinski definition) is 5. The molecule has 1 aliphatic carbocycles. The van der Waals surface area contributed by atoms with Crippen LogP contribution in [0.15, 0.2) is 24.3 Å². The van der Waals surface area contributed by atoms with Crippen LogP contribution < -0.4 is 16.0 Å². The van der Waals surface area contributed by atoms with E-state index >= 15 is 0 Å². The molecule has 1 fully saturated rings. The minimum Gasteiger partial charge on any atom is -0.446 e. The Bertz CT molecular complexity index is 907. The highest BCUT2D eigenvalue weighted by atomic mass is 16.6. The number of carbonyl (C=O) groups is 2. The lowest BCUT2D eigenvalue weighted by molar-refractivity contribution is -0.121. The molecule has 29 heavy (non-hydrogen) atoms. The maximum absolute atomic E-state index is 11.8. The average molecular weight is 397 g/mol. The van der Waals surface area contributed by atoms with Crippen LogP contribution in [-0.4, -0.2) is 34.3 Å². The number of fused-ring (bicyclic) bond motifs is 1. The van der Waals surface area contributed by atoms with Gasteiger partial charge in [-0.1, -0.05) is 12.1 Å². The van der Waals surface area contributed by atoms with Crippen LogP contribution in [0.4, 0.5) is 16.3 Å². The van der Waals surface area contributed by atoms with E-state index in [1.807, 2.05) is 38.1 Å². The fraction of sp³-hybridized carbons (Fsp3) is 0.476. The molecule has 154 valence electrons. The van der Waals surface area contributed by atoms with E-state index in [2.05, 4.69) is 26.1 Å². The molecule has 0 saturated heterocycles. The number of carbonyl (C=O) groups excluding carboxylic acids is 2. The maximum atomic E-state index is 11.8. The van der Waals surface area contributed by atoms with Gasteiger partial charge in [0.15, 0.2) is 5.82 Å². The number of H-pyrrole nitrogens is 1. The van der Waals surface area contributed by atoms with Crippen molar-refractivity contribution in [1.82, 2.24) is 20.8 Å². The zero-order chi connectivity index (χ0) is 20.4. The zero-order valence-corrected chi connectivity index (χ0v) is 16.7. The third kappa shape index (κ3) is 4.52. The highest BCUT2D eigenvalue weighted by Crippen LogP contribution is 2.36. The maximum Gasteiger partial charge on any atom is 0.407 e. The van der Waals surface area contributed by atoms with Crippen LogP contribution in [0.1, 0.15) is 55.8 Å². The van der Waals surface area contributed by atoms with E-state index in [0.717, 1.165) is 47.6 Å². The molecular weight excluding hydrogens is 370 g/mol. The summed E-state index contributed by atoms with van der Waals surface area (Å²) in [7, 11) is 0. The van der Waals surface area contributed by atoms with Gasteiger partial charge < -0.3 is 20.7 Å². The molecule has 0 spiro atoms. The van der Waals surface area contributed by atoms with Crippen LogP contribution in [0.25, 0.3) is 0 Å². The lowest BCUT2D eigenvalue weighted by atomic mass is 9.98. The number of ether oxygens (including phenoxy) is 1. The van der Waals surface area contributed by atoms with Gasteiger partial charge in [0.05, 0.1) is 6.42 Å². The van der Waals surface area contributed by atoms with E-state index < -0.39 is 0 Å². The smallest absolute Gasteiger partial charge is 0.407 e. The molecule has 4 rings (SSSR count). The largest absolute Gasteiger partial charge is 0.446 e. The van der Waals surface area contributed by atoms with Gasteiger partial charge in [-0.25, -0.2) is 4.79 Å². The number of rotatable bonds is 5. The third-order valence-electron chi connectivity index (χ3n) is 5.45. The predicted molar refractivity (Wildman–Crippen MR) is 109 cm³/mol. The first kappa shape index (κ1) is 19.3. The summed E-state index contributed by atoms with van der Waals surface area (Å²) in [6.07, 6.45) is 2.53. The average Bonchev–Trinajstić information content (AvgIpc) is 3.31. The topological polar surface area (TPSA) is 108 Å². The van der Waals surface area contributed by atoms with Crippen LogP contribution in [0.2, 0.25) is 0 Å². The molecule has 1 aromatic heterocycles. The predicted octanol–water partition coefficient (Wildman–Crippen LogP) is 3.10. The number of anilines is 2. The van der Waals surface area contributed by atoms with Crippen molar-refractivity contribution in [2.24, 2.45) is 0 Å². The Morgan fingerprint density at radius 2 is 2.17 bits per heavy atom. The molecule has 1 saturated carbocycles. The van der Waals surface area contributed by atoms with Crippen molar-refractivity contribution in [2.45, 2.75) is 64.1 Å². The second-order valence-corrected chi connectivity index (χ2v) is 8.07. The van der Waals surface area contributed by atoms with Gasteiger partial charge in [0.25, 0.3) is 0 Å². The van der Waals surface area contributed by atoms with Gasteiger partial charge in [-0.05, 0) is 50.3 Å². The number of hydrogen-bond donors (Lipinski definition) is 4. The van der Waals surface area contributed by atoms with Crippen molar-refractivity contribution in [2.75, 3.05) is 5.32 Å². The number of aromatic amines is 1. The summed E-state index contributed by atoms with van der Waals surface area (Å²) in [4.78, 5) is 23.6. The standard InChI is InChI=1S/C21H27N5O3/c1-12(2)23-21(28)29-15-7-6-13(8-15)18-10-19(26-25-18)24-17-5-3-4-14-11-22-20(27)9-16(14)17/h3-5,10,12-13,15H,6-9,11H2,1-2H3,(H,22,27)(H,23,28)(H2,24,25,26)/t13-,15?/m0/s1. The molecule has 8 nitrogen and oxygen atoms in total. The molecule has 8 heteroatoms. The minimum absolute atomic E-state index is 0.0352. The van der Waals surface area contributed by atoms with E-state index in [-0.39, 0.29) is 30.1 Å². The zero-order valence-electron chi connectivity index (χ0n) is 16.7. The molecule has 1 unspecified atom stereocenters. The second-order valence-electron chi connectivity index (χ2n) is 8.07. The normalized spacial score (nSPS) is 20.9. The Balaban J connectivity index is 1.39. The fourth-order valence-corrected chi connectivity index (χ4v) is 4.04. The van der Waals surface area contributed by atoms with E-state index in [0.29, 0.717) is 13.0 Å². The lowest BCUT2D eigenvalue weighted by Crippen LogP contribution is -2.33. The Kier molecular flexibility index (Phi) is 5.42. The number of aromatic nitrogens is 2. The van der Waals surface area contributed by atoms with Gasteiger partial charge >= 0.3 is 6.09 Å². The molecule has 1 aromatic carbocycles. The van der Waals surface area contributed by atoms with E-state index in [4.69, 9.17) is 4.74 Å². The Hall–Kier alpha value is -3.03. The number of amides is 2. The summed E-state index contributed by atoms with van der Waals surface area (Å²) in [6.45, 7) is 4.38. The van der Waals surface area contributed by atoms with Crippen molar-refractivity contribution < 1.29 is 14.3 Å². The molecular formula is C21H27N5O3. The molecule has 0 bridgehead atoms. The quantitative estimate of drug-likeness (QED) is 0.620. The van der Waals surface area contributed by atoms with Crippen molar-refractivity contribution in [3.63, 3.8) is 0 Å². The molecule has 4 N–H and O–H groups in total. The van der Waals surface area contributed by atoms with Gasteiger partial charge in [0, 0.05) is 36.0 Å². The molecule has 2 aromatic rings. The summed E-state index contributed by atoms with van der Waals surface area (Å²) < 4.78 is 5.51. The van der Waals surface area contributed by atoms with Gasteiger partial charge in [-0.3, -0.25) is 9.89 Å². The Morgan fingerprint density at radius 3 is 3.00 bits per heavy atom. The van der Waals surface area contributed by atoms with Crippen molar-refractivity contribution in [3.8, 4) is 0 Å². The number of nitrogens with one attached hydrogen (secondary N) is 4. The van der Waals surface area contributed by atoms with Gasteiger partial charge in [0.2, 0.25) is 5.91 Å². The molecule has 2 aliphatic rings. The Labute approximate surface area is 169 Å². The first-order valence-electron chi connectivity index (χ1n) is 10.1. The second kappa shape index (κ2) is 8.14. The van der Waals surface area contributed by atoms with Crippen LogP contribution in [0, 0.1) is 0 Å². The van der Waals surface area contributed by atoms with E-state index in [1.54, 1.807) is 0 Å². The summed E-state index contributed by atoms with van der Waals surface area (Å²) in [5, 5.41) is 16.5. The number of nitrogens with zero attached hydrogens (tertiary/aromatic N) is 1. The van der Waals surface area contributed by atoms with E-state index in [9.17, 15) is 9.59 Å². The van der Waals surface area contributed by atoms with Crippen molar-refractivity contribution >= 4 is 23.5 Å². The molecule has 2 heterocycles. The first-order chi connectivity index (χ1) is 14.0. The van der Waals surface area contributed by atoms with Crippen LogP contribution >= 0.6 is 0 Å². The monoisotopic (exact) mass is 397 g/mol. The van der Waals surface area contributed by atoms with Gasteiger partial charge in [0.1, 0.15) is 6.10 Å². The van der Waals surface area contributed by atoms with Gasteiger partial charge in [-0.2, -0.15) is 5.10 Å². The van der Waals surface area contributed by atoms with E-state index in [1.165, 1.54) is 0 Å². The highest BCUT2D eigenvalue weighted by molar-refractivity contribution is 5.83. The summed E-state index contributed by atoms with van der Waals surface area (Å²) >= 11 is 0. The summed E-state index contributed by atoms with van der Waals surface area (Å²) in [6, 6.07) is 8.05. The Morgan fingerprint density at radius 1 is 1.31 bits per heavy atom. The molecule has 1 aliphatic heterocycles. The van der Waals surface area contributed by atoms with Crippen LogP contribution in [-0.2, 0) is 22.5 Å².